The highest BCUT2D eigenvalue weighted by Gasteiger charge is 2.04. The lowest BCUT2D eigenvalue weighted by Gasteiger charge is -2.08. The Morgan fingerprint density at radius 3 is 2.62 bits per heavy atom. The molecule has 1 heterocycles. The maximum Gasteiger partial charge on any atom is 0.118 e. The van der Waals surface area contributed by atoms with Gasteiger partial charge < -0.3 is 9.73 Å². The normalized spacial score (nSPS) is 13.2. The number of hydrogen-bond donors (Lipinski definition) is 1. The highest BCUT2D eigenvalue weighted by atomic mass is 16.3. The van der Waals surface area contributed by atoms with Crippen LogP contribution in [0, 0.1) is 13.8 Å². The molecule has 0 aliphatic heterocycles. The molecule has 0 unspecified atom stereocenters. The molecule has 0 amide bonds. The molecule has 0 bridgehead atoms. The van der Waals surface area contributed by atoms with Crippen LogP contribution < -0.4 is 5.32 Å². The van der Waals surface area contributed by atoms with E-state index in [0.29, 0.717) is 6.04 Å². The van der Waals surface area contributed by atoms with Gasteiger partial charge in [-0.3, -0.25) is 0 Å². The zero-order valence-corrected chi connectivity index (χ0v) is 8.98. The van der Waals surface area contributed by atoms with Crippen molar-refractivity contribution >= 4 is 0 Å². The van der Waals surface area contributed by atoms with Gasteiger partial charge in [-0.2, -0.15) is 0 Å². The summed E-state index contributed by atoms with van der Waals surface area (Å²) in [5.41, 5.74) is 1.24. The predicted octanol–water partition coefficient (Wildman–Crippen LogP) is 2.78. The fraction of sp³-hybridized carbons (Fsp3) is 0.636. The fourth-order valence-corrected chi connectivity index (χ4v) is 1.16. The molecule has 1 aromatic heterocycles. The second kappa shape index (κ2) is 4.47. The molecule has 0 fully saturated rings. The topological polar surface area (TPSA) is 25.2 Å². The van der Waals surface area contributed by atoms with Crippen molar-refractivity contribution < 1.29 is 4.42 Å². The Morgan fingerprint density at radius 2 is 2.15 bits per heavy atom. The molecule has 0 saturated heterocycles. The van der Waals surface area contributed by atoms with Crippen molar-refractivity contribution in [3.63, 3.8) is 0 Å². The molecule has 0 aromatic carbocycles. The van der Waals surface area contributed by atoms with Crippen molar-refractivity contribution in [1.29, 1.82) is 0 Å². The largest absolute Gasteiger partial charge is 0.465 e. The summed E-state index contributed by atoms with van der Waals surface area (Å²) in [6.45, 7) is 9.27. The minimum absolute atomic E-state index is 0.561. The third-order valence-corrected chi connectivity index (χ3v) is 2.45. The van der Waals surface area contributed by atoms with E-state index < -0.39 is 0 Å². The average molecular weight is 181 g/mol. The van der Waals surface area contributed by atoms with E-state index in [-0.39, 0.29) is 0 Å². The van der Waals surface area contributed by atoms with E-state index in [0.717, 1.165) is 24.5 Å². The summed E-state index contributed by atoms with van der Waals surface area (Å²) in [6, 6.07) is 2.66. The minimum atomic E-state index is 0.561. The first kappa shape index (κ1) is 10.3. The lowest BCUT2D eigenvalue weighted by Crippen LogP contribution is -2.24. The first-order valence-electron chi connectivity index (χ1n) is 4.92. The van der Waals surface area contributed by atoms with Crippen molar-refractivity contribution in [3.8, 4) is 0 Å². The maximum atomic E-state index is 5.55. The number of aryl methyl sites for hydroxylation is 2. The van der Waals surface area contributed by atoms with E-state index >= 15 is 0 Å². The Labute approximate surface area is 80.3 Å². The smallest absolute Gasteiger partial charge is 0.118 e. The van der Waals surface area contributed by atoms with Crippen LogP contribution in [-0.2, 0) is 6.54 Å². The van der Waals surface area contributed by atoms with Crippen LogP contribution in [0.15, 0.2) is 10.5 Å². The van der Waals surface area contributed by atoms with Gasteiger partial charge in [0.1, 0.15) is 11.5 Å². The Bertz CT molecular complexity index is 246. The maximum absolute atomic E-state index is 5.55. The fourth-order valence-electron chi connectivity index (χ4n) is 1.16. The lowest BCUT2D eigenvalue weighted by atomic mass is 10.2. The highest BCUT2D eigenvalue weighted by molar-refractivity contribution is 5.18. The van der Waals surface area contributed by atoms with Crippen molar-refractivity contribution in [2.24, 2.45) is 0 Å². The summed E-state index contributed by atoms with van der Waals surface area (Å²) < 4.78 is 5.55. The molecule has 0 spiro atoms. The molecule has 1 rings (SSSR count). The molecule has 1 N–H and O–H groups in total. The van der Waals surface area contributed by atoms with Gasteiger partial charge in [0.15, 0.2) is 0 Å². The molecular formula is C11H19NO. The highest BCUT2D eigenvalue weighted by Crippen LogP contribution is 2.12. The van der Waals surface area contributed by atoms with Crippen molar-refractivity contribution in [2.45, 2.75) is 46.7 Å². The van der Waals surface area contributed by atoms with Gasteiger partial charge in [0.2, 0.25) is 0 Å². The number of rotatable bonds is 4. The van der Waals surface area contributed by atoms with E-state index in [4.69, 9.17) is 4.42 Å². The van der Waals surface area contributed by atoms with Crippen LogP contribution in [0.4, 0.5) is 0 Å². The van der Waals surface area contributed by atoms with Crippen LogP contribution in [0.25, 0.3) is 0 Å². The average Bonchev–Trinajstić information content (AvgIpc) is 2.42. The van der Waals surface area contributed by atoms with Gasteiger partial charge in [-0.25, -0.2) is 0 Å². The number of nitrogens with one attached hydrogen (secondary N) is 1. The lowest BCUT2D eigenvalue weighted by molar-refractivity contribution is 0.435. The molecule has 0 saturated carbocycles. The van der Waals surface area contributed by atoms with Crippen LogP contribution >= 0.6 is 0 Å². The van der Waals surface area contributed by atoms with Gasteiger partial charge in [-0.05, 0) is 38.8 Å². The van der Waals surface area contributed by atoms with Crippen molar-refractivity contribution in [1.82, 2.24) is 5.32 Å². The third kappa shape index (κ3) is 2.88. The quantitative estimate of drug-likeness (QED) is 0.772. The van der Waals surface area contributed by atoms with Crippen LogP contribution in [0.3, 0.4) is 0 Å². The number of furan rings is 1. The van der Waals surface area contributed by atoms with Gasteiger partial charge in [-0.1, -0.05) is 6.92 Å². The monoisotopic (exact) mass is 181 g/mol. The summed E-state index contributed by atoms with van der Waals surface area (Å²) in [5.74, 6) is 2.07. The standard InChI is InChI=1S/C11H19NO/c1-5-9(3)12-7-11-6-8(2)10(4)13-11/h6,9,12H,5,7H2,1-4H3/t9-/m0/s1. The van der Waals surface area contributed by atoms with Crippen LogP contribution in [0.5, 0.6) is 0 Å². The Morgan fingerprint density at radius 1 is 1.46 bits per heavy atom. The van der Waals surface area contributed by atoms with Gasteiger partial charge in [-0.15, -0.1) is 0 Å². The van der Waals surface area contributed by atoms with Gasteiger partial charge in [0.25, 0.3) is 0 Å². The summed E-state index contributed by atoms with van der Waals surface area (Å²) in [4.78, 5) is 0. The molecule has 2 heteroatoms. The van der Waals surface area contributed by atoms with Crippen LogP contribution in [0.2, 0.25) is 0 Å². The zero-order chi connectivity index (χ0) is 9.84. The Hall–Kier alpha value is -0.760. The van der Waals surface area contributed by atoms with E-state index in [1.54, 1.807) is 0 Å². The second-order valence-corrected chi connectivity index (χ2v) is 3.64. The third-order valence-electron chi connectivity index (χ3n) is 2.45. The SMILES string of the molecule is CC[C@H](C)NCc1cc(C)c(C)o1. The molecule has 74 valence electrons. The summed E-state index contributed by atoms with van der Waals surface area (Å²) in [7, 11) is 0. The summed E-state index contributed by atoms with van der Waals surface area (Å²) in [6.07, 6.45) is 1.15. The van der Waals surface area contributed by atoms with E-state index in [2.05, 4.69) is 32.2 Å². The molecule has 0 aliphatic rings. The van der Waals surface area contributed by atoms with Crippen molar-refractivity contribution in [2.75, 3.05) is 0 Å². The minimum Gasteiger partial charge on any atom is -0.465 e. The molecule has 0 radical (unpaired) electrons. The summed E-state index contributed by atoms with van der Waals surface area (Å²) in [5, 5.41) is 3.40. The molecule has 1 aromatic rings. The summed E-state index contributed by atoms with van der Waals surface area (Å²) >= 11 is 0. The molecular weight excluding hydrogens is 162 g/mol. The van der Waals surface area contributed by atoms with Crippen molar-refractivity contribution in [3.05, 3.63) is 23.2 Å². The first-order valence-corrected chi connectivity index (χ1v) is 4.92. The molecule has 0 aliphatic carbocycles. The van der Waals surface area contributed by atoms with E-state index in [1.807, 2.05) is 6.92 Å². The molecule has 1 atom stereocenters. The predicted molar refractivity (Wildman–Crippen MR) is 54.8 cm³/mol. The first-order chi connectivity index (χ1) is 6.13. The zero-order valence-electron chi connectivity index (χ0n) is 8.98. The molecule has 13 heavy (non-hydrogen) atoms. The Kier molecular flexibility index (Phi) is 3.55. The van der Waals surface area contributed by atoms with Crippen LogP contribution in [0.1, 0.15) is 37.4 Å². The van der Waals surface area contributed by atoms with Gasteiger partial charge >= 0.3 is 0 Å². The van der Waals surface area contributed by atoms with E-state index in [9.17, 15) is 0 Å². The molecule has 2 nitrogen and oxygen atoms in total. The van der Waals surface area contributed by atoms with E-state index in [1.165, 1.54) is 5.56 Å². The Balaban J connectivity index is 2.45. The van der Waals surface area contributed by atoms with Gasteiger partial charge in [0, 0.05) is 6.04 Å². The van der Waals surface area contributed by atoms with Gasteiger partial charge in [0.05, 0.1) is 6.54 Å². The van der Waals surface area contributed by atoms with Crippen LogP contribution in [-0.4, -0.2) is 6.04 Å². The number of hydrogen-bond acceptors (Lipinski definition) is 2. The second-order valence-electron chi connectivity index (χ2n) is 3.64.